The van der Waals surface area contributed by atoms with E-state index in [0.29, 0.717) is 25.5 Å². The zero-order valence-electron chi connectivity index (χ0n) is 14.9. The molecule has 0 saturated carbocycles. The number of benzene rings is 1. The van der Waals surface area contributed by atoms with Crippen molar-refractivity contribution < 1.29 is 9.53 Å². The summed E-state index contributed by atoms with van der Waals surface area (Å²) in [6.07, 6.45) is 2.55. The predicted octanol–water partition coefficient (Wildman–Crippen LogP) is 2.00. The number of carbonyl (C=O) groups is 1. The van der Waals surface area contributed by atoms with Crippen LogP contribution in [0.1, 0.15) is 30.7 Å². The van der Waals surface area contributed by atoms with Crippen molar-refractivity contribution in [3.63, 3.8) is 0 Å². The first-order valence-electron chi connectivity index (χ1n) is 8.82. The van der Waals surface area contributed by atoms with Gasteiger partial charge in [0.2, 0.25) is 5.91 Å². The fourth-order valence-corrected chi connectivity index (χ4v) is 3.16. The molecule has 1 fully saturated rings. The van der Waals surface area contributed by atoms with Gasteiger partial charge in [0, 0.05) is 25.4 Å². The number of tetrazole rings is 1. The van der Waals surface area contributed by atoms with Crippen molar-refractivity contribution in [1.29, 1.82) is 0 Å². The van der Waals surface area contributed by atoms with Crippen molar-refractivity contribution in [2.24, 2.45) is 5.92 Å². The second-order valence-electron chi connectivity index (χ2n) is 6.67. The average Bonchev–Trinajstić information content (AvgIpc) is 3.03. The Labute approximate surface area is 148 Å². The highest BCUT2D eigenvalue weighted by Crippen LogP contribution is 2.20. The van der Waals surface area contributed by atoms with Crippen LogP contribution in [0.4, 0.5) is 0 Å². The lowest BCUT2D eigenvalue weighted by molar-refractivity contribution is -0.133. The molecule has 1 atom stereocenters. The highest BCUT2D eigenvalue weighted by molar-refractivity contribution is 5.76. The molecule has 1 amide bonds. The first kappa shape index (κ1) is 17.4. The number of ether oxygens (including phenoxy) is 1. The van der Waals surface area contributed by atoms with Crippen LogP contribution < -0.4 is 4.74 Å². The molecule has 0 bridgehead atoms. The van der Waals surface area contributed by atoms with E-state index in [1.165, 1.54) is 5.56 Å². The van der Waals surface area contributed by atoms with Gasteiger partial charge in [0.05, 0.1) is 13.2 Å². The largest absolute Gasteiger partial charge is 0.493 e. The first-order chi connectivity index (χ1) is 12.1. The Bertz CT molecular complexity index is 715. The van der Waals surface area contributed by atoms with E-state index in [0.717, 1.165) is 37.5 Å². The molecule has 7 nitrogen and oxygen atoms in total. The fraction of sp³-hybridized carbons (Fsp3) is 0.556. The third-order valence-electron chi connectivity index (χ3n) is 4.60. The van der Waals surface area contributed by atoms with Crippen molar-refractivity contribution in [3.05, 3.63) is 35.7 Å². The van der Waals surface area contributed by atoms with Gasteiger partial charge in [-0.15, -0.1) is 5.10 Å². The molecule has 0 radical (unpaired) electrons. The van der Waals surface area contributed by atoms with Crippen LogP contribution in [0.5, 0.6) is 5.75 Å². The fourth-order valence-electron chi connectivity index (χ4n) is 3.16. The van der Waals surface area contributed by atoms with Gasteiger partial charge in [-0.05, 0) is 54.8 Å². The zero-order chi connectivity index (χ0) is 17.6. The summed E-state index contributed by atoms with van der Waals surface area (Å²) in [5, 5.41) is 11.3. The van der Waals surface area contributed by atoms with Crippen molar-refractivity contribution in [1.82, 2.24) is 25.1 Å². The first-order valence-corrected chi connectivity index (χ1v) is 8.82. The van der Waals surface area contributed by atoms with E-state index in [9.17, 15) is 4.79 Å². The summed E-state index contributed by atoms with van der Waals surface area (Å²) in [5.41, 5.74) is 1.19. The van der Waals surface area contributed by atoms with Gasteiger partial charge in [-0.2, -0.15) is 0 Å². The third kappa shape index (κ3) is 4.78. The van der Waals surface area contributed by atoms with Crippen LogP contribution in [0.15, 0.2) is 24.3 Å². The summed E-state index contributed by atoms with van der Waals surface area (Å²) in [5.74, 6) is 2.18. The molecule has 0 aliphatic carbocycles. The molecule has 1 aliphatic rings. The second kappa shape index (κ2) is 8.09. The third-order valence-corrected chi connectivity index (χ3v) is 4.60. The maximum atomic E-state index is 12.5. The van der Waals surface area contributed by atoms with Gasteiger partial charge in [0.25, 0.3) is 0 Å². The molecule has 1 aliphatic heterocycles. The summed E-state index contributed by atoms with van der Waals surface area (Å²) in [4.78, 5) is 14.4. The number of carbonyl (C=O) groups excluding carboxylic acids is 1. The van der Waals surface area contributed by atoms with Gasteiger partial charge < -0.3 is 9.64 Å². The predicted molar refractivity (Wildman–Crippen MR) is 93.1 cm³/mol. The van der Waals surface area contributed by atoms with Crippen LogP contribution in [-0.4, -0.2) is 50.7 Å². The highest BCUT2D eigenvalue weighted by atomic mass is 16.5. The van der Waals surface area contributed by atoms with Crippen LogP contribution >= 0.6 is 0 Å². The minimum Gasteiger partial charge on any atom is -0.493 e. The molecule has 2 heterocycles. The summed E-state index contributed by atoms with van der Waals surface area (Å²) in [6, 6.07) is 8.08. The van der Waals surface area contributed by atoms with Crippen molar-refractivity contribution in [3.8, 4) is 5.75 Å². The van der Waals surface area contributed by atoms with Gasteiger partial charge in [-0.3, -0.25) is 4.79 Å². The van der Waals surface area contributed by atoms with E-state index in [-0.39, 0.29) is 5.91 Å². The smallest absolute Gasteiger partial charge is 0.224 e. The topological polar surface area (TPSA) is 73.1 Å². The molecule has 25 heavy (non-hydrogen) atoms. The zero-order valence-corrected chi connectivity index (χ0v) is 14.9. The molecule has 2 aromatic rings. The van der Waals surface area contributed by atoms with Gasteiger partial charge >= 0.3 is 0 Å². The Hall–Kier alpha value is -2.44. The van der Waals surface area contributed by atoms with E-state index in [4.69, 9.17) is 4.74 Å². The number of amides is 1. The van der Waals surface area contributed by atoms with Crippen LogP contribution in [0.2, 0.25) is 0 Å². The lowest BCUT2D eigenvalue weighted by Gasteiger charge is -2.32. The monoisotopic (exact) mass is 343 g/mol. The molecule has 7 heteroatoms. The molecule has 134 valence electrons. The number of piperidine rings is 1. The normalized spacial score (nSPS) is 17.5. The summed E-state index contributed by atoms with van der Waals surface area (Å²) < 4.78 is 7.59. The number of hydrogen-bond acceptors (Lipinski definition) is 5. The van der Waals surface area contributed by atoms with Gasteiger partial charge in [-0.25, -0.2) is 4.68 Å². The average molecular weight is 343 g/mol. The lowest BCUT2D eigenvalue weighted by atomic mass is 9.98. The molecule has 1 saturated heterocycles. The summed E-state index contributed by atoms with van der Waals surface area (Å²) in [7, 11) is 0. The van der Waals surface area contributed by atoms with Gasteiger partial charge in [-0.1, -0.05) is 12.1 Å². The van der Waals surface area contributed by atoms with Crippen LogP contribution in [0, 0.1) is 19.8 Å². The molecular formula is C18H25N5O2. The van der Waals surface area contributed by atoms with Crippen LogP contribution in [0.25, 0.3) is 0 Å². The Balaban J connectivity index is 1.47. The van der Waals surface area contributed by atoms with Crippen molar-refractivity contribution in [2.75, 3.05) is 19.7 Å². The summed E-state index contributed by atoms with van der Waals surface area (Å²) in [6.45, 7) is 6.66. The van der Waals surface area contributed by atoms with E-state index in [1.54, 1.807) is 4.68 Å². The lowest BCUT2D eigenvalue weighted by Crippen LogP contribution is -2.41. The molecule has 0 spiro atoms. The number of hydrogen-bond donors (Lipinski definition) is 0. The number of aryl methyl sites for hydroxylation is 3. The number of likely N-dealkylation sites (tertiary alicyclic amines) is 1. The van der Waals surface area contributed by atoms with E-state index in [1.807, 2.05) is 30.0 Å². The Kier molecular flexibility index (Phi) is 5.63. The quantitative estimate of drug-likeness (QED) is 0.802. The Morgan fingerprint density at radius 3 is 3.00 bits per heavy atom. The molecule has 3 rings (SSSR count). The number of rotatable bonds is 6. The number of nitrogens with zero attached hydrogens (tertiary/aromatic N) is 5. The van der Waals surface area contributed by atoms with E-state index in [2.05, 4.69) is 28.5 Å². The van der Waals surface area contributed by atoms with E-state index >= 15 is 0 Å². The maximum absolute atomic E-state index is 12.5. The molecule has 1 aromatic heterocycles. The maximum Gasteiger partial charge on any atom is 0.224 e. The SMILES string of the molecule is Cc1cccc(OC[C@H]2CCCN(C(=O)CCn3nnnc3C)C2)c1. The Morgan fingerprint density at radius 2 is 2.24 bits per heavy atom. The molecule has 0 unspecified atom stereocenters. The van der Waals surface area contributed by atoms with Crippen LogP contribution in [-0.2, 0) is 11.3 Å². The van der Waals surface area contributed by atoms with Crippen molar-refractivity contribution in [2.45, 2.75) is 39.7 Å². The molecule has 1 aromatic carbocycles. The Morgan fingerprint density at radius 1 is 1.36 bits per heavy atom. The second-order valence-corrected chi connectivity index (χ2v) is 6.67. The minimum atomic E-state index is 0.162. The molecule has 0 N–H and O–H groups in total. The van der Waals surface area contributed by atoms with Gasteiger partial charge in [0.15, 0.2) is 0 Å². The van der Waals surface area contributed by atoms with Crippen LogP contribution in [0.3, 0.4) is 0 Å². The standard InChI is InChI=1S/C18H25N5O2/c1-14-5-3-7-17(11-14)25-13-16-6-4-9-22(12-16)18(24)8-10-23-15(2)19-20-21-23/h3,5,7,11,16H,4,6,8-10,12-13H2,1-2H3/t16-/m0/s1. The minimum absolute atomic E-state index is 0.162. The van der Waals surface area contributed by atoms with Crippen molar-refractivity contribution >= 4 is 5.91 Å². The highest BCUT2D eigenvalue weighted by Gasteiger charge is 2.24. The van der Waals surface area contributed by atoms with E-state index < -0.39 is 0 Å². The van der Waals surface area contributed by atoms with Gasteiger partial charge in [0.1, 0.15) is 11.6 Å². The summed E-state index contributed by atoms with van der Waals surface area (Å²) >= 11 is 0. The number of aromatic nitrogens is 4. The molecular weight excluding hydrogens is 318 g/mol.